The van der Waals surface area contributed by atoms with Crippen LogP contribution in [0.1, 0.15) is 5.56 Å². The number of rotatable bonds is 3. The normalized spacial score (nSPS) is 11.6. The fourth-order valence-electron chi connectivity index (χ4n) is 2.53. The summed E-state index contributed by atoms with van der Waals surface area (Å²) in [5.41, 5.74) is 2.00. The van der Waals surface area contributed by atoms with E-state index in [-0.39, 0.29) is 11.0 Å². The molecule has 0 atom stereocenters. The zero-order chi connectivity index (χ0) is 17.4. The molecule has 0 aliphatic rings. The second kappa shape index (κ2) is 6.03. The third-order valence-corrected chi connectivity index (χ3v) is 3.97. The Morgan fingerprint density at radius 3 is 2.84 bits per heavy atom. The number of benzene rings is 2. The summed E-state index contributed by atoms with van der Waals surface area (Å²) in [6.45, 7) is 0. The van der Waals surface area contributed by atoms with Gasteiger partial charge < -0.3 is 9.84 Å². The number of phenols is 1. The van der Waals surface area contributed by atoms with Crippen molar-refractivity contribution < 1.29 is 9.84 Å². The van der Waals surface area contributed by atoms with Gasteiger partial charge in [0.05, 0.1) is 12.6 Å². The van der Waals surface area contributed by atoms with E-state index in [0.717, 1.165) is 10.9 Å². The summed E-state index contributed by atoms with van der Waals surface area (Å²) in [6, 6.07) is 12.5. The van der Waals surface area contributed by atoms with E-state index in [1.54, 1.807) is 28.8 Å². The molecular weight excluding hydrogens is 342 g/mol. The molecule has 0 saturated heterocycles. The molecule has 0 saturated carbocycles. The second-order valence-electron chi connectivity index (χ2n) is 5.25. The summed E-state index contributed by atoms with van der Waals surface area (Å²) in [7, 11) is 1.49. The maximum absolute atomic E-state index is 9.83. The smallest absolute Gasteiger partial charge is 0.257 e. The van der Waals surface area contributed by atoms with Crippen molar-refractivity contribution in [3.8, 4) is 11.5 Å². The largest absolute Gasteiger partial charge is 0.504 e. The van der Waals surface area contributed by atoms with Gasteiger partial charge in [-0.05, 0) is 47.5 Å². The Hall–Kier alpha value is -3.19. The molecule has 0 spiro atoms. The number of para-hydroxylation sites is 1. The molecule has 25 heavy (non-hydrogen) atoms. The Labute approximate surface area is 147 Å². The molecule has 4 aromatic rings. The van der Waals surface area contributed by atoms with Crippen molar-refractivity contribution >= 4 is 40.3 Å². The lowest BCUT2D eigenvalue weighted by Crippen LogP contribution is -1.93. The minimum Gasteiger partial charge on any atom is -0.504 e. The van der Waals surface area contributed by atoms with Gasteiger partial charge >= 0.3 is 0 Å². The van der Waals surface area contributed by atoms with E-state index in [2.05, 4.69) is 20.2 Å². The molecule has 2 aromatic carbocycles. The van der Waals surface area contributed by atoms with Crippen molar-refractivity contribution in [2.45, 2.75) is 0 Å². The summed E-state index contributed by atoms with van der Waals surface area (Å²) in [5, 5.41) is 19.1. The van der Waals surface area contributed by atoms with Crippen LogP contribution in [0.25, 0.3) is 16.6 Å². The molecule has 1 N–H and O–H groups in total. The minimum absolute atomic E-state index is 0.0308. The summed E-state index contributed by atoms with van der Waals surface area (Å²) in [6.07, 6.45) is 1.56. The van der Waals surface area contributed by atoms with Gasteiger partial charge in [0, 0.05) is 11.6 Å². The van der Waals surface area contributed by atoms with Crippen LogP contribution >= 0.6 is 11.6 Å². The van der Waals surface area contributed by atoms with Gasteiger partial charge in [-0.15, -0.1) is 10.2 Å². The maximum Gasteiger partial charge on any atom is 0.257 e. The number of halogens is 1. The van der Waals surface area contributed by atoms with Gasteiger partial charge in [0.2, 0.25) is 5.28 Å². The maximum atomic E-state index is 9.83. The van der Waals surface area contributed by atoms with Crippen molar-refractivity contribution in [2.24, 2.45) is 4.99 Å². The lowest BCUT2D eigenvalue weighted by atomic mass is 10.2. The Balaban J connectivity index is 1.80. The summed E-state index contributed by atoms with van der Waals surface area (Å²) >= 11 is 6.27. The highest BCUT2D eigenvalue weighted by Crippen LogP contribution is 2.27. The first kappa shape index (κ1) is 15.3. The van der Waals surface area contributed by atoms with Gasteiger partial charge in [-0.25, -0.2) is 14.4 Å². The highest BCUT2D eigenvalue weighted by molar-refractivity contribution is 6.29. The van der Waals surface area contributed by atoms with Crippen LogP contribution in [0.3, 0.4) is 0 Å². The van der Waals surface area contributed by atoms with Crippen LogP contribution in [0.15, 0.2) is 47.5 Å². The number of nitrogens with zero attached hydrogens (tertiary/aromatic N) is 5. The minimum atomic E-state index is 0.0308. The van der Waals surface area contributed by atoms with Crippen LogP contribution in [0.5, 0.6) is 11.5 Å². The lowest BCUT2D eigenvalue weighted by molar-refractivity contribution is 0.373. The van der Waals surface area contributed by atoms with E-state index < -0.39 is 0 Å². The molecule has 2 heterocycles. The van der Waals surface area contributed by atoms with Crippen molar-refractivity contribution in [2.75, 3.05) is 7.11 Å². The summed E-state index contributed by atoms with van der Waals surface area (Å²) in [4.78, 5) is 8.66. The van der Waals surface area contributed by atoms with Gasteiger partial charge in [-0.3, -0.25) is 0 Å². The van der Waals surface area contributed by atoms with Gasteiger partial charge in [0.25, 0.3) is 5.95 Å². The molecule has 0 fully saturated rings. The monoisotopic (exact) mass is 353 g/mol. The number of ether oxygens (including phenoxy) is 1. The zero-order valence-corrected chi connectivity index (χ0v) is 13.8. The van der Waals surface area contributed by atoms with E-state index in [4.69, 9.17) is 16.3 Å². The fourth-order valence-corrected chi connectivity index (χ4v) is 2.78. The molecular formula is C17H12ClN5O2. The SMILES string of the molecule is COc1ccc(/C=N/c2nnc3c4ccccc4nc(Cl)n23)cc1O. The zero-order valence-electron chi connectivity index (χ0n) is 13.1. The van der Waals surface area contributed by atoms with E-state index in [1.165, 1.54) is 7.11 Å². The topological polar surface area (TPSA) is 84.9 Å². The van der Waals surface area contributed by atoms with E-state index in [9.17, 15) is 5.11 Å². The predicted octanol–water partition coefficient (Wildman–Crippen LogP) is 3.40. The van der Waals surface area contributed by atoms with Crippen LogP contribution in [-0.2, 0) is 0 Å². The molecule has 0 amide bonds. The number of methoxy groups -OCH3 is 1. The molecule has 8 heteroatoms. The van der Waals surface area contributed by atoms with Crippen LogP contribution in [0.2, 0.25) is 5.28 Å². The third kappa shape index (κ3) is 2.64. The van der Waals surface area contributed by atoms with Crippen LogP contribution < -0.4 is 4.74 Å². The predicted molar refractivity (Wildman–Crippen MR) is 95.2 cm³/mol. The molecule has 0 aliphatic carbocycles. The number of aromatic hydroxyl groups is 1. The van der Waals surface area contributed by atoms with Crippen LogP contribution in [-0.4, -0.2) is 38.0 Å². The Morgan fingerprint density at radius 1 is 1.20 bits per heavy atom. The van der Waals surface area contributed by atoms with Gasteiger partial charge in [-0.2, -0.15) is 0 Å². The van der Waals surface area contributed by atoms with Gasteiger partial charge in [-0.1, -0.05) is 12.1 Å². The number of hydrogen-bond acceptors (Lipinski definition) is 6. The van der Waals surface area contributed by atoms with Crippen molar-refractivity contribution in [1.82, 2.24) is 19.6 Å². The summed E-state index contributed by atoms with van der Waals surface area (Å²) < 4.78 is 6.59. The Morgan fingerprint density at radius 2 is 2.04 bits per heavy atom. The van der Waals surface area contributed by atoms with E-state index in [0.29, 0.717) is 22.9 Å². The average molecular weight is 354 g/mol. The van der Waals surface area contributed by atoms with Crippen molar-refractivity contribution in [3.63, 3.8) is 0 Å². The van der Waals surface area contributed by atoms with E-state index in [1.807, 2.05) is 24.3 Å². The van der Waals surface area contributed by atoms with Crippen molar-refractivity contribution in [3.05, 3.63) is 53.3 Å². The quantitative estimate of drug-likeness (QED) is 0.450. The number of aromatic nitrogens is 4. The molecule has 2 aromatic heterocycles. The number of hydrogen-bond donors (Lipinski definition) is 1. The lowest BCUT2D eigenvalue weighted by Gasteiger charge is -2.03. The third-order valence-electron chi connectivity index (χ3n) is 3.72. The molecule has 0 unspecified atom stereocenters. The number of aliphatic imine (C=N–C) groups is 1. The van der Waals surface area contributed by atoms with Crippen LogP contribution in [0, 0.1) is 0 Å². The average Bonchev–Trinajstić information content (AvgIpc) is 3.05. The van der Waals surface area contributed by atoms with Gasteiger partial charge in [0.1, 0.15) is 0 Å². The first-order valence-corrected chi connectivity index (χ1v) is 7.75. The highest BCUT2D eigenvalue weighted by atomic mass is 35.5. The Bertz CT molecular complexity index is 1120. The molecule has 4 rings (SSSR count). The van der Waals surface area contributed by atoms with E-state index >= 15 is 0 Å². The molecule has 7 nitrogen and oxygen atoms in total. The second-order valence-corrected chi connectivity index (χ2v) is 5.58. The molecule has 0 radical (unpaired) electrons. The molecule has 0 aliphatic heterocycles. The fraction of sp³-hybridized carbons (Fsp3) is 0.0588. The highest BCUT2D eigenvalue weighted by Gasteiger charge is 2.12. The van der Waals surface area contributed by atoms with Gasteiger partial charge in [0.15, 0.2) is 17.1 Å². The number of fused-ring (bicyclic) bond motifs is 3. The molecule has 0 bridgehead atoms. The van der Waals surface area contributed by atoms with Crippen molar-refractivity contribution in [1.29, 1.82) is 0 Å². The standard InChI is InChI=1S/C17H12ClN5O2/c1-25-14-7-6-10(8-13(14)24)9-19-17-22-21-15-11-4-2-3-5-12(11)20-16(18)23(15)17/h2-9,24H,1H3/b19-9+. The first-order valence-electron chi connectivity index (χ1n) is 7.38. The Kier molecular flexibility index (Phi) is 3.70. The van der Waals surface area contributed by atoms with Crippen LogP contribution in [0.4, 0.5) is 5.95 Å². The summed E-state index contributed by atoms with van der Waals surface area (Å²) in [5.74, 6) is 0.723. The number of phenolic OH excluding ortho intramolecular Hbond substituents is 1. The molecule has 124 valence electrons. The first-order chi connectivity index (χ1) is 12.2.